The van der Waals surface area contributed by atoms with Crippen molar-refractivity contribution in [1.82, 2.24) is 5.32 Å². The third kappa shape index (κ3) is 17.6. The van der Waals surface area contributed by atoms with E-state index in [-0.39, 0.29) is 33.0 Å². The Morgan fingerprint density at radius 2 is 1.39 bits per heavy atom. The van der Waals surface area contributed by atoms with Gasteiger partial charge in [0, 0.05) is 0 Å². The number of aliphatic hydroxyl groups excluding tert-OH is 1. The number of alkyl carbamates (subject to hydrolysis) is 1. The molecular weight excluding hydrogens is 468 g/mol. The van der Waals surface area contributed by atoms with Crippen LogP contribution in [0.5, 0.6) is 0 Å². The van der Waals surface area contributed by atoms with E-state index in [4.69, 9.17) is 14.2 Å². The van der Waals surface area contributed by atoms with E-state index in [0.29, 0.717) is 0 Å². The van der Waals surface area contributed by atoms with Gasteiger partial charge in [-0.1, -0.05) is 0 Å². The Bertz CT molecular complexity index is 634. The summed E-state index contributed by atoms with van der Waals surface area (Å²) >= 11 is 0. The highest BCUT2D eigenvalue weighted by Crippen LogP contribution is 1.97. The third-order valence-corrected chi connectivity index (χ3v) is 3.02. The second kappa shape index (κ2) is 17.9. The molecule has 0 heterocycles. The maximum Gasteiger partial charge on any atom is 0.408 e. The van der Waals surface area contributed by atoms with Gasteiger partial charge in [-0.25, -0.2) is 9.59 Å². The number of nitrogens with zero attached hydrogens (tertiary/aromatic N) is 3. The number of amides is 1. The highest BCUT2D eigenvalue weighted by atomic mass is 17.0. The van der Waals surface area contributed by atoms with E-state index in [1.54, 1.807) is 0 Å². The Labute approximate surface area is 183 Å². The van der Waals surface area contributed by atoms with Crippen molar-refractivity contribution in [2.75, 3.05) is 59.5 Å². The molecule has 33 heavy (non-hydrogen) atoms. The molecule has 20 heteroatoms. The van der Waals surface area contributed by atoms with Crippen LogP contribution < -0.4 is 5.32 Å². The van der Waals surface area contributed by atoms with Gasteiger partial charge in [-0.15, -0.1) is 30.3 Å². The van der Waals surface area contributed by atoms with Gasteiger partial charge >= 0.3 is 12.1 Å². The Morgan fingerprint density at radius 1 is 0.788 bits per heavy atom. The predicted molar refractivity (Wildman–Crippen MR) is 95.7 cm³/mol. The fourth-order valence-corrected chi connectivity index (χ4v) is 1.72. The predicted octanol–water partition coefficient (Wildman–Crippen LogP) is -2.36. The molecule has 0 bridgehead atoms. The molecule has 0 aliphatic heterocycles. The molecule has 20 nitrogen and oxygen atoms in total. The normalized spacial score (nSPS) is 12.0. The lowest BCUT2D eigenvalue weighted by Crippen LogP contribution is -2.45. The van der Waals surface area contributed by atoms with Crippen molar-refractivity contribution in [1.29, 1.82) is 0 Å². The zero-order valence-electron chi connectivity index (χ0n) is 16.9. The summed E-state index contributed by atoms with van der Waals surface area (Å²) in [7, 11) is 0. The number of nitrogens with one attached hydrogen (secondary N) is 1. The van der Waals surface area contributed by atoms with Crippen LogP contribution in [0.25, 0.3) is 0 Å². The van der Waals surface area contributed by atoms with Gasteiger partial charge < -0.3 is 43.9 Å². The maximum atomic E-state index is 11.8. The van der Waals surface area contributed by atoms with Gasteiger partial charge in [0.1, 0.15) is 26.4 Å². The van der Waals surface area contributed by atoms with E-state index in [9.17, 15) is 45.0 Å². The second-order valence-electron chi connectivity index (χ2n) is 5.40. The summed E-state index contributed by atoms with van der Waals surface area (Å²) < 4.78 is 19.2. The summed E-state index contributed by atoms with van der Waals surface area (Å²) in [5.74, 6) is -1.05. The Kier molecular flexibility index (Phi) is 15.8. The van der Waals surface area contributed by atoms with Gasteiger partial charge in [0.25, 0.3) is 15.3 Å². The van der Waals surface area contributed by atoms with Crippen LogP contribution in [0.2, 0.25) is 0 Å². The summed E-state index contributed by atoms with van der Waals surface area (Å²) in [5, 5.41) is 38.2. The van der Waals surface area contributed by atoms with E-state index in [2.05, 4.69) is 19.2 Å². The lowest BCUT2D eigenvalue weighted by molar-refractivity contribution is -0.790. The minimum absolute atomic E-state index is 0.117. The molecule has 190 valence electrons. The van der Waals surface area contributed by atoms with Crippen molar-refractivity contribution in [3.63, 3.8) is 0 Å². The fourth-order valence-electron chi connectivity index (χ4n) is 1.72. The molecule has 0 aliphatic rings. The second-order valence-corrected chi connectivity index (χ2v) is 5.40. The van der Waals surface area contributed by atoms with Crippen LogP contribution in [0.4, 0.5) is 4.79 Å². The van der Waals surface area contributed by atoms with Crippen molar-refractivity contribution in [3.8, 4) is 0 Å². The lowest BCUT2D eigenvalue weighted by atomic mass is 10.3. The molecule has 1 amide bonds. The summed E-state index contributed by atoms with van der Waals surface area (Å²) in [4.78, 5) is 65.8. The minimum Gasteiger partial charge on any atom is -0.462 e. The minimum atomic E-state index is -1.48. The van der Waals surface area contributed by atoms with Crippen molar-refractivity contribution in [3.05, 3.63) is 30.3 Å². The van der Waals surface area contributed by atoms with Crippen LogP contribution in [0.1, 0.15) is 0 Å². The Balaban J connectivity index is 4.05. The van der Waals surface area contributed by atoms with E-state index in [1.807, 2.05) is 5.32 Å². The highest BCUT2D eigenvalue weighted by Gasteiger charge is 2.22. The summed E-state index contributed by atoms with van der Waals surface area (Å²) in [5.41, 5.74) is 0. The maximum absolute atomic E-state index is 11.8. The van der Waals surface area contributed by atoms with Gasteiger partial charge in [-0.3, -0.25) is 0 Å². The number of hydrogen-bond donors (Lipinski definition) is 2. The number of carbonyl (C=O) groups is 2. The van der Waals surface area contributed by atoms with Crippen molar-refractivity contribution in [2.45, 2.75) is 12.1 Å². The summed E-state index contributed by atoms with van der Waals surface area (Å²) in [6.45, 7) is -3.62. The molecular formula is C13H22N4O16. The first-order chi connectivity index (χ1) is 15.6. The first-order valence-electron chi connectivity index (χ1n) is 8.87. The van der Waals surface area contributed by atoms with Gasteiger partial charge in [0.2, 0.25) is 0 Å². The number of aliphatic hydroxyl groups is 1. The van der Waals surface area contributed by atoms with Crippen molar-refractivity contribution in [2.24, 2.45) is 0 Å². The average Bonchev–Trinajstić information content (AvgIpc) is 2.73. The number of carbonyl (C=O) groups excluding carboxylic acids is 2. The van der Waals surface area contributed by atoms with Crippen LogP contribution >= 0.6 is 0 Å². The molecule has 0 radical (unpaired) electrons. The Hall–Kier alpha value is -3.78. The smallest absolute Gasteiger partial charge is 0.408 e. The molecule has 0 aliphatic carbocycles. The van der Waals surface area contributed by atoms with E-state index in [1.165, 1.54) is 0 Å². The van der Waals surface area contributed by atoms with Crippen LogP contribution in [0, 0.1) is 30.3 Å². The molecule has 0 saturated heterocycles. The van der Waals surface area contributed by atoms with Crippen LogP contribution in [-0.2, 0) is 38.3 Å². The molecule has 2 N–H and O–H groups in total. The van der Waals surface area contributed by atoms with Gasteiger partial charge in [0.15, 0.2) is 12.1 Å². The quantitative estimate of drug-likeness (QED) is 0.0782. The van der Waals surface area contributed by atoms with E-state index >= 15 is 0 Å². The number of ether oxygens (including phenoxy) is 4. The zero-order valence-corrected chi connectivity index (χ0v) is 16.9. The van der Waals surface area contributed by atoms with Crippen molar-refractivity contribution >= 4 is 12.1 Å². The molecule has 0 rings (SSSR count). The number of esters is 1. The van der Waals surface area contributed by atoms with Gasteiger partial charge in [-0.05, 0) is 0 Å². The fraction of sp³-hybridized carbons (Fsp3) is 0.846. The zero-order chi connectivity index (χ0) is 25.1. The first kappa shape index (κ1) is 29.2. The summed E-state index contributed by atoms with van der Waals surface area (Å²) in [6.07, 6.45) is -2.50. The lowest BCUT2D eigenvalue weighted by Gasteiger charge is -2.16. The molecule has 0 saturated carbocycles. The number of rotatable bonds is 20. The molecule has 0 fully saturated rings. The molecule has 0 aromatic carbocycles. The van der Waals surface area contributed by atoms with Gasteiger partial charge in [-0.2, -0.15) is 0 Å². The average molecular weight is 490 g/mol. The topological polar surface area (TPSA) is 260 Å². The van der Waals surface area contributed by atoms with E-state index < -0.39 is 65.9 Å². The van der Waals surface area contributed by atoms with Crippen LogP contribution in [-0.4, -0.2) is 104 Å². The SMILES string of the molecule is O=C(NC(CO)C(=O)OCCOCC(CO[N+](=O)[O-])O[N+](=O)[O-])OCCOCCO[N+](=O)[O-]. The monoisotopic (exact) mass is 490 g/mol. The largest absolute Gasteiger partial charge is 0.462 e. The Morgan fingerprint density at radius 3 is 2.00 bits per heavy atom. The molecule has 2 atom stereocenters. The standard InChI is InChI=1S/C13H22N4O16/c18-7-11(14-13(20)30-5-1-27-3-6-31-15(21)22)12(19)29-4-2-28-8-10(33-17(25)26)9-32-16(23)24/h10-11,18H,1-9H2,(H,14,20). The first-order valence-corrected chi connectivity index (χ1v) is 8.87. The third-order valence-electron chi connectivity index (χ3n) is 3.02. The molecule has 2 unspecified atom stereocenters. The molecule has 0 aromatic rings. The van der Waals surface area contributed by atoms with Gasteiger partial charge in [0.05, 0.1) is 33.0 Å². The van der Waals surface area contributed by atoms with Crippen molar-refractivity contribution < 1.29 is 63.4 Å². The van der Waals surface area contributed by atoms with E-state index in [0.717, 1.165) is 0 Å². The number of hydrogen-bond acceptors (Lipinski definition) is 16. The molecule has 0 aromatic heterocycles. The summed E-state index contributed by atoms with van der Waals surface area (Å²) in [6, 6.07) is -1.48. The van der Waals surface area contributed by atoms with Crippen LogP contribution in [0.3, 0.4) is 0 Å². The van der Waals surface area contributed by atoms with Crippen LogP contribution in [0.15, 0.2) is 0 Å². The molecule has 0 spiro atoms. The highest BCUT2D eigenvalue weighted by molar-refractivity contribution is 5.81.